The van der Waals surface area contributed by atoms with Crippen molar-refractivity contribution in [1.82, 2.24) is 5.32 Å². The third-order valence-electron chi connectivity index (χ3n) is 3.42. The van der Waals surface area contributed by atoms with Crippen molar-refractivity contribution >= 4 is 17.4 Å². The molecule has 1 atom stereocenters. The average Bonchev–Trinajstić information content (AvgIpc) is 2.32. The monoisotopic (exact) mass is 250 g/mol. The zero-order valence-electron chi connectivity index (χ0n) is 11.2. The molecule has 1 heterocycles. The van der Waals surface area contributed by atoms with Crippen molar-refractivity contribution in [1.29, 1.82) is 0 Å². The normalized spacial score (nSPS) is 19.3. The van der Waals surface area contributed by atoms with Crippen LogP contribution in [-0.2, 0) is 0 Å². The number of rotatable bonds is 3. The van der Waals surface area contributed by atoms with Gasteiger partial charge < -0.3 is 10.2 Å². The van der Waals surface area contributed by atoms with Gasteiger partial charge in [-0.05, 0) is 38.9 Å². The third kappa shape index (κ3) is 2.45. The molecule has 0 amide bonds. The predicted octanol–water partition coefficient (Wildman–Crippen LogP) is 2.82. The molecule has 94 valence electrons. The second-order valence-corrected chi connectivity index (χ2v) is 5.86. The summed E-state index contributed by atoms with van der Waals surface area (Å²) < 4.78 is 0. The van der Waals surface area contributed by atoms with E-state index < -0.39 is 0 Å². The van der Waals surface area contributed by atoms with Crippen LogP contribution >= 0.6 is 11.8 Å². The number of benzene rings is 1. The molecule has 0 fully saturated rings. The Bertz CT molecular complexity index is 403. The molecule has 1 N–H and O–H groups in total. The number of fused-ring (bicyclic) bond motifs is 1. The molecule has 0 radical (unpaired) electrons. The van der Waals surface area contributed by atoms with Gasteiger partial charge in [0.15, 0.2) is 0 Å². The molecule has 2 nitrogen and oxygen atoms in total. The zero-order valence-corrected chi connectivity index (χ0v) is 12.0. The van der Waals surface area contributed by atoms with Gasteiger partial charge in [-0.2, -0.15) is 0 Å². The van der Waals surface area contributed by atoms with Crippen LogP contribution in [0.4, 0.5) is 5.69 Å². The van der Waals surface area contributed by atoms with Crippen molar-refractivity contribution in [2.75, 3.05) is 30.8 Å². The number of hydrogen-bond acceptors (Lipinski definition) is 3. The number of nitrogens with one attached hydrogen (secondary N) is 1. The topological polar surface area (TPSA) is 15.3 Å². The highest BCUT2D eigenvalue weighted by Crippen LogP contribution is 2.41. The van der Waals surface area contributed by atoms with Crippen LogP contribution in [-0.4, -0.2) is 31.9 Å². The van der Waals surface area contributed by atoms with Crippen LogP contribution in [0.1, 0.15) is 18.1 Å². The van der Waals surface area contributed by atoms with E-state index in [4.69, 9.17) is 0 Å². The molecule has 17 heavy (non-hydrogen) atoms. The van der Waals surface area contributed by atoms with Crippen LogP contribution in [0.2, 0.25) is 0 Å². The van der Waals surface area contributed by atoms with E-state index in [9.17, 15) is 0 Å². The number of likely N-dealkylation sites (N-methyl/N-ethyl adjacent to an activating group) is 1. The Morgan fingerprint density at radius 2 is 2.06 bits per heavy atom. The molecule has 1 aliphatic rings. The molecular formula is C14H22N2S. The van der Waals surface area contributed by atoms with Gasteiger partial charge in [-0.15, -0.1) is 11.8 Å². The van der Waals surface area contributed by atoms with E-state index >= 15 is 0 Å². The van der Waals surface area contributed by atoms with E-state index in [0.29, 0.717) is 6.04 Å². The first-order valence-corrected chi connectivity index (χ1v) is 7.28. The van der Waals surface area contributed by atoms with Gasteiger partial charge >= 0.3 is 0 Å². The standard InChI is InChI=1S/C14H22N2S/c1-10-5-6-11(2)14-13(10)16(8-7-15-4)12(3)9-17-14/h5-6,12,15H,7-9H2,1-4H3. The highest BCUT2D eigenvalue weighted by Gasteiger charge is 2.25. The molecule has 1 aromatic rings. The van der Waals surface area contributed by atoms with E-state index in [1.54, 1.807) is 0 Å². The summed E-state index contributed by atoms with van der Waals surface area (Å²) in [5.41, 5.74) is 4.28. The lowest BCUT2D eigenvalue weighted by Gasteiger charge is -2.38. The van der Waals surface area contributed by atoms with Gasteiger partial charge in [0.1, 0.15) is 0 Å². The minimum absolute atomic E-state index is 0.626. The number of aryl methyl sites for hydroxylation is 2. The minimum atomic E-state index is 0.626. The van der Waals surface area contributed by atoms with Gasteiger partial charge in [0.25, 0.3) is 0 Å². The average molecular weight is 250 g/mol. The van der Waals surface area contributed by atoms with E-state index in [1.165, 1.54) is 27.5 Å². The van der Waals surface area contributed by atoms with Crippen LogP contribution < -0.4 is 10.2 Å². The Morgan fingerprint density at radius 3 is 2.76 bits per heavy atom. The Labute approximate surface area is 109 Å². The first-order valence-electron chi connectivity index (χ1n) is 6.29. The Balaban J connectivity index is 2.39. The van der Waals surface area contributed by atoms with Gasteiger partial charge in [0, 0.05) is 29.8 Å². The van der Waals surface area contributed by atoms with Crippen molar-refractivity contribution in [2.24, 2.45) is 0 Å². The predicted molar refractivity (Wildman–Crippen MR) is 77.4 cm³/mol. The molecule has 1 aromatic carbocycles. The summed E-state index contributed by atoms with van der Waals surface area (Å²) in [4.78, 5) is 4.05. The smallest absolute Gasteiger partial charge is 0.0539 e. The Hall–Kier alpha value is -0.670. The lowest BCUT2D eigenvalue weighted by molar-refractivity contribution is 0.646. The van der Waals surface area contributed by atoms with Gasteiger partial charge in [-0.3, -0.25) is 0 Å². The summed E-state index contributed by atoms with van der Waals surface area (Å²) in [7, 11) is 2.02. The maximum absolute atomic E-state index is 3.25. The molecule has 0 aromatic heterocycles. The highest BCUT2D eigenvalue weighted by atomic mass is 32.2. The lowest BCUT2D eigenvalue weighted by atomic mass is 10.1. The fourth-order valence-corrected chi connectivity index (χ4v) is 3.69. The molecule has 0 aliphatic carbocycles. The number of nitrogens with zero attached hydrogens (tertiary/aromatic N) is 1. The van der Waals surface area contributed by atoms with Gasteiger partial charge in [-0.25, -0.2) is 0 Å². The van der Waals surface area contributed by atoms with Gasteiger partial charge in [0.05, 0.1) is 5.69 Å². The van der Waals surface area contributed by atoms with Crippen LogP contribution in [0.5, 0.6) is 0 Å². The van der Waals surface area contributed by atoms with E-state index in [1.807, 2.05) is 18.8 Å². The van der Waals surface area contributed by atoms with Crippen LogP contribution in [0.3, 0.4) is 0 Å². The van der Waals surface area contributed by atoms with Crippen molar-refractivity contribution in [2.45, 2.75) is 31.7 Å². The van der Waals surface area contributed by atoms with Gasteiger partial charge in [0.2, 0.25) is 0 Å². The summed E-state index contributed by atoms with van der Waals surface area (Å²) in [6, 6.07) is 5.12. The zero-order chi connectivity index (χ0) is 12.4. The van der Waals surface area contributed by atoms with Crippen LogP contribution in [0.25, 0.3) is 0 Å². The number of thioether (sulfide) groups is 1. The second kappa shape index (κ2) is 5.32. The molecule has 1 unspecified atom stereocenters. The fourth-order valence-electron chi connectivity index (χ4n) is 2.39. The van der Waals surface area contributed by atoms with E-state index in [0.717, 1.165) is 13.1 Å². The molecule has 1 aliphatic heterocycles. The molecule has 2 rings (SSSR count). The summed E-state index contributed by atoms with van der Waals surface area (Å²) in [6.07, 6.45) is 0. The maximum atomic E-state index is 3.25. The highest BCUT2D eigenvalue weighted by molar-refractivity contribution is 7.99. The van der Waals surface area contributed by atoms with E-state index in [2.05, 4.69) is 43.1 Å². The summed E-state index contributed by atoms with van der Waals surface area (Å²) >= 11 is 2.01. The summed E-state index contributed by atoms with van der Waals surface area (Å²) in [6.45, 7) is 8.91. The molecular weight excluding hydrogens is 228 g/mol. The minimum Gasteiger partial charge on any atom is -0.366 e. The van der Waals surface area contributed by atoms with Crippen LogP contribution in [0, 0.1) is 13.8 Å². The summed E-state index contributed by atoms with van der Waals surface area (Å²) in [5.74, 6) is 1.20. The summed E-state index contributed by atoms with van der Waals surface area (Å²) in [5, 5.41) is 3.25. The Kier molecular flexibility index (Phi) is 4.00. The lowest BCUT2D eigenvalue weighted by Crippen LogP contribution is -2.42. The largest absolute Gasteiger partial charge is 0.366 e. The van der Waals surface area contributed by atoms with Crippen molar-refractivity contribution < 1.29 is 0 Å². The molecule has 0 spiro atoms. The number of hydrogen-bond donors (Lipinski definition) is 1. The van der Waals surface area contributed by atoms with Gasteiger partial charge in [-0.1, -0.05) is 12.1 Å². The molecule has 3 heteroatoms. The third-order valence-corrected chi connectivity index (χ3v) is 4.87. The Morgan fingerprint density at radius 1 is 1.35 bits per heavy atom. The SMILES string of the molecule is CNCCN1c2c(C)ccc(C)c2SCC1C. The first-order chi connectivity index (χ1) is 8.15. The van der Waals surface area contributed by atoms with Crippen LogP contribution in [0.15, 0.2) is 17.0 Å². The first kappa shape index (κ1) is 12.8. The molecule has 0 saturated heterocycles. The van der Waals surface area contributed by atoms with Crippen molar-refractivity contribution in [3.05, 3.63) is 23.3 Å². The quantitative estimate of drug-likeness (QED) is 0.888. The van der Waals surface area contributed by atoms with E-state index in [-0.39, 0.29) is 0 Å². The fraction of sp³-hybridized carbons (Fsp3) is 0.571. The molecule has 0 saturated carbocycles. The van der Waals surface area contributed by atoms with Crippen molar-refractivity contribution in [3.63, 3.8) is 0 Å². The molecule has 0 bridgehead atoms. The second-order valence-electron chi connectivity index (χ2n) is 4.83. The maximum Gasteiger partial charge on any atom is 0.0539 e. The number of anilines is 1. The van der Waals surface area contributed by atoms with Crippen molar-refractivity contribution in [3.8, 4) is 0 Å².